The normalized spacial score (nSPS) is 33.0. The van der Waals surface area contributed by atoms with Crippen LogP contribution in [0.15, 0.2) is 0 Å². The number of methoxy groups -OCH3 is 1. The third-order valence-corrected chi connectivity index (χ3v) is 5.72. The van der Waals surface area contributed by atoms with Crippen molar-refractivity contribution in [2.75, 3.05) is 33.4 Å². The fourth-order valence-corrected chi connectivity index (χ4v) is 4.09. The maximum absolute atomic E-state index is 10.00. The molecular formula is C17H32N2O2. The number of hydrogen-bond donors (Lipinski definition) is 2. The number of hydrogen-bond acceptors (Lipinski definition) is 4. The minimum Gasteiger partial charge on any atom is -0.394 e. The molecule has 0 heterocycles. The first kappa shape index (κ1) is 15.7. The van der Waals surface area contributed by atoms with E-state index in [2.05, 4.69) is 10.2 Å². The highest BCUT2D eigenvalue weighted by atomic mass is 16.5. The van der Waals surface area contributed by atoms with Gasteiger partial charge in [0.1, 0.15) is 0 Å². The van der Waals surface area contributed by atoms with E-state index in [9.17, 15) is 5.11 Å². The Kier molecular flexibility index (Phi) is 5.20. The van der Waals surface area contributed by atoms with Gasteiger partial charge in [-0.1, -0.05) is 6.42 Å². The van der Waals surface area contributed by atoms with Crippen LogP contribution in [0.5, 0.6) is 0 Å². The second-order valence-electron chi connectivity index (χ2n) is 7.37. The van der Waals surface area contributed by atoms with E-state index in [4.69, 9.17) is 4.74 Å². The first-order valence-electron chi connectivity index (χ1n) is 8.89. The quantitative estimate of drug-likeness (QED) is 0.645. The molecule has 4 nitrogen and oxygen atoms in total. The van der Waals surface area contributed by atoms with Crippen molar-refractivity contribution in [3.63, 3.8) is 0 Å². The first-order chi connectivity index (χ1) is 10.3. The van der Waals surface area contributed by atoms with Crippen LogP contribution in [-0.2, 0) is 4.74 Å². The van der Waals surface area contributed by atoms with Gasteiger partial charge in [-0.05, 0) is 57.4 Å². The number of rotatable bonds is 10. The molecule has 0 amide bonds. The highest BCUT2D eigenvalue weighted by Crippen LogP contribution is 2.40. The summed E-state index contributed by atoms with van der Waals surface area (Å²) in [4.78, 5) is 2.61. The third-order valence-electron chi connectivity index (χ3n) is 5.72. The van der Waals surface area contributed by atoms with Crippen LogP contribution in [0.4, 0.5) is 0 Å². The van der Waals surface area contributed by atoms with Crippen molar-refractivity contribution in [3.05, 3.63) is 0 Å². The molecule has 3 aliphatic rings. The van der Waals surface area contributed by atoms with Crippen molar-refractivity contribution >= 4 is 0 Å². The van der Waals surface area contributed by atoms with Gasteiger partial charge in [0.25, 0.3) is 0 Å². The van der Waals surface area contributed by atoms with E-state index in [1.54, 1.807) is 7.11 Å². The summed E-state index contributed by atoms with van der Waals surface area (Å²) in [5, 5.41) is 13.8. The first-order valence-corrected chi connectivity index (χ1v) is 8.89. The lowest BCUT2D eigenvalue weighted by molar-refractivity contribution is 0.0998. The molecule has 0 bridgehead atoms. The Bertz CT molecular complexity index is 331. The van der Waals surface area contributed by atoms with Gasteiger partial charge < -0.3 is 15.2 Å². The summed E-state index contributed by atoms with van der Waals surface area (Å²) in [7, 11) is 1.79. The van der Waals surface area contributed by atoms with E-state index < -0.39 is 0 Å². The van der Waals surface area contributed by atoms with Gasteiger partial charge in [0.15, 0.2) is 0 Å². The average molecular weight is 296 g/mol. The monoisotopic (exact) mass is 296 g/mol. The molecule has 3 fully saturated rings. The van der Waals surface area contributed by atoms with Crippen molar-refractivity contribution in [1.82, 2.24) is 10.2 Å². The van der Waals surface area contributed by atoms with Crippen LogP contribution in [-0.4, -0.2) is 61.0 Å². The van der Waals surface area contributed by atoms with Crippen molar-refractivity contribution in [2.45, 2.75) is 69.0 Å². The molecular weight excluding hydrogens is 264 g/mol. The number of aliphatic hydroxyl groups is 1. The predicted molar refractivity (Wildman–Crippen MR) is 84.4 cm³/mol. The lowest BCUT2D eigenvalue weighted by atomic mass is 9.85. The molecule has 122 valence electrons. The smallest absolute Gasteiger partial charge is 0.0616 e. The molecule has 2 N–H and O–H groups in total. The van der Waals surface area contributed by atoms with E-state index in [1.165, 1.54) is 51.5 Å². The molecule has 0 aliphatic heterocycles. The Morgan fingerprint density at radius 1 is 1.19 bits per heavy atom. The standard InChI is InChI=1S/C17H32N2O2/c1-21-12-11-19(16-6-7-16)10-8-14-3-2-9-17(14,13-20)18-15-4-5-15/h14-16,18,20H,2-13H2,1H3. The summed E-state index contributed by atoms with van der Waals surface area (Å²) in [6.07, 6.45) is 10.3. The van der Waals surface area contributed by atoms with Crippen LogP contribution in [0.2, 0.25) is 0 Å². The van der Waals surface area contributed by atoms with Gasteiger partial charge in [0, 0.05) is 31.3 Å². The van der Waals surface area contributed by atoms with Gasteiger partial charge in [-0.2, -0.15) is 0 Å². The largest absolute Gasteiger partial charge is 0.394 e. The van der Waals surface area contributed by atoms with Crippen LogP contribution in [0, 0.1) is 5.92 Å². The predicted octanol–water partition coefficient (Wildman–Crippen LogP) is 1.77. The Morgan fingerprint density at radius 3 is 2.62 bits per heavy atom. The van der Waals surface area contributed by atoms with Crippen molar-refractivity contribution in [3.8, 4) is 0 Å². The highest BCUT2D eigenvalue weighted by Gasteiger charge is 2.45. The second-order valence-corrected chi connectivity index (χ2v) is 7.37. The molecule has 0 spiro atoms. The van der Waals surface area contributed by atoms with E-state index >= 15 is 0 Å². The maximum Gasteiger partial charge on any atom is 0.0616 e. The van der Waals surface area contributed by atoms with Gasteiger partial charge in [0.2, 0.25) is 0 Å². The minimum atomic E-state index is 0.0254. The van der Waals surface area contributed by atoms with Crippen LogP contribution < -0.4 is 5.32 Å². The lowest BCUT2D eigenvalue weighted by Crippen LogP contribution is -2.53. The molecule has 3 aliphatic carbocycles. The van der Waals surface area contributed by atoms with Crippen molar-refractivity contribution in [2.24, 2.45) is 5.92 Å². The molecule has 0 aromatic rings. The van der Waals surface area contributed by atoms with Crippen LogP contribution in [0.3, 0.4) is 0 Å². The van der Waals surface area contributed by atoms with Gasteiger partial charge in [-0.15, -0.1) is 0 Å². The summed E-state index contributed by atoms with van der Waals surface area (Å²) in [5.41, 5.74) is 0.0254. The number of nitrogens with one attached hydrogen (secondary N) is 1. The summed E-state index contributed by atoms with van der Waals surface area (Å²) >= 11 is 0. The molecule has 21 heavy (non-hydrogen) atoms. The minimum absolute atomic E-state index is 0.0254. The van der Waals surface area contributed by atoms with E-state index in [0.29, 0.717) is 18.6 Å². The van der Waals surface area contributed by atoms with Crippen LogP contribution >= 0.6 is 0 Å². The Labute approximate surface area is 129 Å². The van der Waals surface area contributed by atoms with Gasteiger partial charge in [-0.25, -0.2) is 0 Å². The van der Waals surface area contributed by atoms with Gasteiger partial charge in [-0.3, -0.25) is 4.90 Å². The molecule has 0 aromatic heterocycles. The number of nitrogens with zero attached hydrogens (tertiary/aromatic N) is 1. The molecule has 0 saturated heterocycles. The van der Waals surface area contributed by atoms with Crippen LogP contribution in [0.1, 0.15) is 51.4 Å². The highest BCUT2D eigenvalue weighted by molar-refractivity contribution is 5.03. The molecule has 0 aromatic carbocycles. The average Bonchev–Trinajstić information content (AvgIpc) is 3.39. The number of ether oxygens (including phenoxy) is 1. The topological polar surface area (TPSA) is 44.7 Å². The Hall–Kier alpha value is -0.160. The zero-order valence-corrected chi connectivity index (χ0v) is 13.5. The third kappa shape index (κ3) is 3.98. The summed E-state index contributed by atoms with van der Waals surface area (Å²) < 4.78 is 5.25. The van der Waals surface area contributed by atoms with E-state index in [0.717, 1.165) is 25.6 Å². The molecule has 4 heteroatoms. The molecule has 2 atom stereocenters. The van der Waals surface area contributed by atoms with E-state index in [1.807, 2.05) is 0 Å². The zero-order valence-electron chi connectivity index (χ0n) is 13.5. The summed E-state index contributed by atoms with van der Waals surface area (Å²) in [5.74, 6) is 0.645. The van der Waals surface area contributed by atoms with Gasteiger partial charge in [0.05, 0.1) is 13.2 Å². The maximum atomic E-state index is 10.00. The van der Waals surface area contributed by atoms with Crippen molar-refractivity contribution in [1.29, 1.82) is 0 Å². The lowest BCUT2D eigenvalue weighted by Gasteiger charge is -2.36. The molecule has 3 saturated carbocycles. The Balaban J connectivity index is 1.51. The molecule has 2 unspecified atom stereocenters. The zero-order chi connectivity index (χ0) is 14.7. The van der Waals surface area contributed by atoms with E-state index in [-0.39, 0.29) is 5.54 Å². The number of aliphatic hydroxyl groups excluding tert-OH is 1. The fourth-order valence-electron chi connectivity index (χ4n) is 4.09. The molecule has 3 rings (SSSR count). The fraction of sp³-hybridized carbons (Fsp3) is 1.00. The molecule has 0 radical (unpaired) electrons. The van der Waals surface area contributed by atoms with Crippen molar-refractivity contribution < 1.29 is 9.84 Å². The Morgan fingerprint density at radius 2 is 2.00 bits per heavy atom. The SMILES string of the molecule is COCCN(CCC1CCCC1(CO)NC1CC1)C1CC1. The van der Waals surface area contributed by atoms with Crippen LogP contribution in [0.25, 0.3) is 0 Å². The summed E-state index contributed by atoms with van der Waals surface area (Å²) in [6, 6.07) is 1.49. The summed E-state index contributed by atoms with van der Waals surface area (Å²) in [6.45, 7) is 3.39. The van der Waals surface area contributed by atoms with Gasteiger partial charge >= 0.3 is 0 Å². The second kappa shape index (κ2) is 6.95.